The SMILES string of the molecule is Fc1ccc(Cl)c(-c2ccc(NC3CC4CN(Cc5cccnc5)CC4C3)nn2)c1. The molecule has 1 aliphatic carbocycles. The number of nitrogens with zero attached hydrogens (tertiary/aromatic N) is 4. The summed E-state index contributed by atoms with van der Waals surface area (Å²) >= 11 is 6.17. The molecule has 1 saturated heterocycles. The molecule has 2 unspecified atom stereocenters. The Hall–Kier alpha value is -2.57. The highest BCUT2D eigenvalue weighted by molar-refractivity contribution is 6.33. The first-order chi connectivity index (χ1) is 14.6. The minimum Gasteiger partial charge on any atom is -0.366 e. The Balaban J connectivity index is 1.17. The molecule has 3 heterocycles. The second kappa shape index (κ2) is 8.28. The van der Waals surface area contributed by atoms with Gasteiger partial charge < -0.3 is 5.32 Å². The van der Waals surface area contributed by atoms with Crippen LogP contribution in [0.15, 0.2) is 54.9 Å². The average Bonchev–Trinajstić information content (AvgIpc) is 3.29. The van der Waals surface area contributed by atoms with Gasteiger partial charge in [-0.1, -0.05) is 17.7 Å². The Bertz CT molecular complexity index is 1000. The first-order valence-electron chi connectivity index (χ1n) is 10.3. The highest BCUT2D eigenvalue weighted by Crippen LogP contribution is 2.39. The van der Waals surface area contributed by atoms with Gasteiger partial charge in [0.1, 0.15) is 11.6 Å². The van der Waals surface area contributed by atoms with E-state index in [0.29, 0.717) is 22.3 Å². The Morgan fingerprint density at radius 3 is 2.60 bits per heavy atom. The second-order valence-corrected chi connectivity index (χ2v) is 8.72. The lowest BCUT2D eigenvalue weighted by molar-refractivity contribution is 0.300. The lowest BCUT2D eigenvalue weighted by Gasteiger charge is -2.19. The van der Waals surface area contributed by atoms with Gasteiger partial charge in [-0.25, -0.2) is 4.39 Å². The van der Waals surface area contributed by atoms with Crippen molar-refractivity contribution in [2.45, 2.75) is 25.4 Å². The summed E-state index contributed by atoms with van der Waals surface area (Å²) in [6.45, 7) is 3.26. The Morgan fingerprint density at radius 1 is 1.07 bits per heavy atom. The molecule has 154 valence electrons. The van der Waals surface area contributed by atoms with E-state index >= 15 is 0 Å². The van der Waals surface area contributed by atoms with Crippen LogP contribution in [0, 0.1) is 17.7 Å². The van der Waals surface area contributed by atoms with Crippen molar-refractivity contribution in [3.05, 3.63) is 71.3 Å². The van der Waals surface area contributed by atoms with Crippen molar-refractivity contribution in [3.8, 4) is 11.3 Å². The minimum absolute atomic E-state index is 0.339. The number of fused-ring (bicyclic) bond motifs is 1. The Kier molecular flexibility index (Phi) is 5.35. The highest BCUT2D eigenvalue weighted by atomic mass is 35.5. The van der Waals surface area contributed by atoms with E-state index in [2.05, 4.69) is 31.5 Å². The zero-order chi connectivity index (χ0) is 20.5. The fourth-order valence-electron chi connectivity index (χ4n) is 4.85. The number of halogens is 2. The molecular weight excluding hydrogens is 401 g/mol. The molecule has 0 bridgehead atoms. The van der Waals surface area contributed by atoms with Gasteiger partial charge in [-0.3, -0.25) is 9.88 Å². The van der Waals surface area contributed by atoms with E-state index in [1.54, 1.807) is 0 Å². The Labute approximate surface area is 180 Å². The fourth-order valence-corrected chi connectivity index (χ4v) is 5.06. The molecule has 0 radical (unpaired) electrons. The van der Waals surface area contributed by atoms with Crippen LogP contribution in [0.4, 0.5) is 10.2 Å². The van der Waals surface area contributed by atoms with Crippen molar-refractivity contribution in [2.24, 2.45) is 11.8 Å². The lowest BCUT2D eigenvalue weighted by Crippen LogP contribution is -2.25. The molecule has 1 N–H and O–H groups in total. The third-order valence-electron chi connectivity index (χ3n) is 6.18. The summed E-state index contributed by atoms with van der Waals surface area (Å²) in [5.41, 5.74) is 2.40. The molecule has 0 amide bonds. The number of nitrogens with one attached hydrogen (secondary N) is 1. The molecule has 3 aromatic rings. The van der Waals surface area contributed by atoms with Gasteiger partial charge in [0.25, 0.3) is 0 Å². The molecule has 0 spiro atoms. The predicted molar refractivity (Wildman–Crippen MR) is 116 cm³/mol. The molecule has 1 saturated carbocycles. The lowest BCUT2D eigenvalue weighted by atomic mass is 10.0. The molecule has 30 heavy (non-hydrogen) atoms. The molecule has 5 nitrogen and oxygen atoms in total. The fraction of sp³-hybridized carbons (Fsp3) is 0.348. The van der Waals surface area contributed by atoms with Gasteiger partial charge in [0, 0.05) is 43.6 Å². The highest BCUT2D eigenvalue weighted by Gasteiger charge is 2.40. The van der Waals surface area contributed by atoms with Gasteiger partial charge in [0.15, 0.2) is 0 Å². The second-order valence-electron chi connectivity index (χ2n) is 8.32. The molecule has 2 aromatic heterocycles. The zero-order valence-corrected chi connectivity index (χ0v) is 17.3. The molecule has 2 fully saturated rings. The van der Waals surface area contributed by atoms with E-state index < -0.39 is 0 Å². The summed E-state index contributed by atoms with van der Waals surface area (Å²) < 4.78 is 13.5. The number of pyridine rings is 1. The third-order valence-corrected chi connectivity index (χ3v) is 6.51. The molecule has 2 atom stereocenters. The van der Waals surface area contributed by atoms with Crippen LogP contribution in [0.25, 0.3) is 11.3 Å². The maximum atomic E-state index is 13.5. The van der Waals surface area contributed by atoms with Gasteiger partial charge >= 0.3 is 0 Å². The topological polar surface area (TPSA) is 53.9 Å². The number of anilines is 1. The van der Waals surface area contributed by atoms with E-state index in [4.69, 9.17) is 11.6 Å². The quantitative estimate of drug-likeness (QED) is 0.647. The molecule has 1 aliphatic heterocycles. The van der Waals surface area contributed by atoms with Crippen LogP contribution < -0.4 is 5.32 Å². The predicted octanol–water partition coefficient (Wildman–Crippen LogP) is 4.65. The van der Waals surface area contributed by atoms with Crippen molar-refractivity contribution in [2.75, 3.05) is 18.4 Å². The minimum atomic E-state index is -0.339. The van der Waals surface area contributed by atoms with Crippen LogP contribution in [-0.4, -0.2) is 39.2 Å². The molecule has 7 heteroatoms. The summed E-state index contributed by atoms with van der Waals surface area (Å²) in [4.78, 5) is 6.76. The van der Waals surface area contributed by atoms with E-state index in [-0.39, 0.29) is 5.82 Å². The standard InChI is InChI=1S/C23H23ClFN5/c24-21-4-3-18(25)10-20(21)22-5-6-23(29-28-22)27-19-8-16-13-30(14-17(16)9-19)12-15-2-1-7-26-11-15/h1-7,10-11,16-17,19H,8-9,12-14H2,(H,27,29). The number of aromatic nitrogens is 3. The monoisotopic (exact) mass is 423 g/mol. The van der Waals surface area contributed by atoms with E-state index in [9.17, 15) is 4.39 Å². The van der Waals surface area contributed by atoms with Crippen LogP contribution in [0.2, 0.25) is 5.02 Å². The van der Waals surface area contributed by atoms with Crippen molar-refractivity contribution < 1.29 is 4.39 Å². The van der Waals surface area contributed by atoms with E-state index in [1.807, 2.05) is 30.6 Å². The maximum Gasteiger partial charge on any atom is 0.148 e. The molecular formula is C23H23ClFN5. The molecule has 5 rings (SSSR count). The van der Waals surface area contributed by atoms with Gasteiger partial charge in [0.05, 0.1) is 10.7 Å². The average molecular weight is 424 g/mol. The molecule has 2 aliphatic rings. The van der Waals surface area contributed by atoms with Crippen molar-refractivity contribution in [1.82, 2.24) is 20.1 Å². The normalized spacial score (nSPS) is 23.5. The van der Waals surface area contributed by atoms with Crippen LogP contribution >= 0.6 is 11.6 Å². The third kappa shape index (κ3) is 4.16. The zero-order valence-electron chi connectivity index (χ0n) is 16.5. The van der Waals surface area contributed by atoms with Crippen LogP contribution in [-0.2, 0) is 6.54 Å². The van der Waals surface area contributed by atoms with E-state index in [0.717, 1.165) is 50.1 Å². The van der Waals surface area contributed by atoms with E-state index in [1.165, 1.54) is 23.8 Å². The number of hydrogen-bond donors (Lipinski definition) is 1. The summed E-state index contributed by atoms with van der Waals surface area (Å²) in [7, 11) is 0. The number of likely N-dealkylation sites (tertiary alicyclic amines) is 1. The van der Waals surface area contributed by atoms with Gasteiger partial charge in [-0.15, -0.1) is 10.2 Å². The van der Waals surface area contributed by atoms with Crippen LogP contribution in [0.3, 0.4) is 0 Å². The summed E-state index contributed by atoms with van der Waals surface area (Å²) in [5.74, 6) is 1.85. The number of benzene rings is 1. The Morgan fingerprint density at radius 2 is 1.90 bits per heavy atom. The largest absolute Gasteiger partial charge is 0.366 e. The first-order valence-corrected chi connectivity index (χ1v) is 10.7. The van der Waals surface area contributed by atoms with Gasteiger partial charge in [0.2, 0.25) is 0 Å². The van der Waals surface area contributed by atoms with Gasteiger partial charge in [-0.05, 0) is 66.6 Å². The van der Waals surface area contributed by atoms with Crippen molar-refractivity contribution >= 4 is 17.4 Å². The molecule has 1 aromatic carbocycles. The van der Waals surface area contributed by atoms with Crippen LogP contribution in [0.1, 0.15) is 18.4 Å². The van der Waals surface area contributed by atoms with Crippen LogP contribution in [0.5, 0.6) is 0 Å². The first kappa shape index (κ1) is 19.4. The van der Waals surface area contributed by atoms with Crippen molar-refractivity contribution in [1.29, 1.82) is 0 Å². The van der Waals surface area contributed by atoms with Crippen molar-refractivity contribution in [3.63, 3.8) is 0 Å². The summed E-state index contributed by atoms with van der Waals surface area (Å²) in [6, 6.07) is 12.5. The smallest absolute Gasteiger partial charge is 0.148 e. The number of rotatable bonds is 5. The summed E-state index contributed by atoms with van der Waals surface area (Å²) in [6.07, 6.45) is 6.07. The summed E-state index contributed by atoms with van der Waals surface area (Å²) in [5, 5.41) is 12.5. The van der Waals surface area contributed by atoms with Gasteiger partial charge in [-0.2, -0.15) is 0 Å². The maximum absolute atomic E-state index is 13.5. The number of hydrogen-bond acceptors (Lipinski definition) is 5.